The Morgan fingerprint density at radius 3 is 2.38 bits per heavy atom. The molecule has 1 amide bonds. The van der Waals surface area contributed by atoms with E-state index >= 15 is 0 Å². The first kappa shape index (κ1) is 13.5. The summed E-state index contributed by atoms with van der Waals surface area (Å²) in [5, 5.41) is 0. The van der Waals surface area contributed by atoms with E-state index in [0.29, 0.717) is 12.5 Å². The molecule has 1 heterocycles. The average molecular weight is 226 g/mol. The number of nitrogens with zero attached hydrogens (tertiary/aromatic N) is 1. The van der Waals surface area contributed by atoms with Crippen molar-refractivity contribution in [3.05, 3.63) is 0 Å². The van der Waals surface area contributed by atoms with Crippen LogP contribution in [0, 0.1) is 17.8 Å². The summed E-state index contributed by atoms with van der Waals surface area (Å²) in [5.74, 6) is 1.63. The molecule has 0 saturated carbocycles. The maximum atomic E-state index is 12.2. The lowest BCUT2D eigenvalue weighted by molar-refractivity contribution is -0.137. The predicted octanol–water partition coefficient (Wildman–Crippen LogP) is 1.87. The van der Waals surface area contributed by atoms with Crippen molar-refractivity contribution in [3.63, 3.8) is 0 Å². The Morgan fingerprint density at radius 1 is 1.38 bits per heavy atom. The van der Waals surface area contributed by atoms with Crippen molar-refractivity contribution in [1.29, 1.82) is 0 Å². The Balaban J connectivity index is 2.48. The summed E-state index contributed by atoms with van der Waals surface area (Å²) in [5.41, 5.74) is 5.71. The Morgan fingerprint density at radius 2 is 1.94 bits per heavy atom. The normalized spacial score (nSPS) is 20.2. The molecule has 1 saturated heterocycles. The van der Waals surface area contributed by atoms with Crippen molar-refractivity contribution in [2.45, 2.75) is 40.0 Å². The van der Waals surface area contributed by atoms with E-state index in [4.69, 9.17) is 5.73 Å². The SMILES string of the molecule is CC(C)CC(CN)C(=O)N1CCC(C)CC1. The van der Waals surface area contributed by atoms with Crippen molar-refractivity contribution in [3.8, 4) is 0 Å². The molecular formula is C13H26N2O. The highest BCUT2D eigenvalue weighted by molar-refractivity contribution is 5.79. The van der Waals surface area contributed by atoms with Gasteiger partial charge >= 0.3 is 0 Å². The summed E-state index contributed by atoms with van der Waals surface area (Å²) in [7, 11) is 0. The number of amides is 1. The Labute approximate surface area is 99.4 Å². The molecule has 1 aliphatic heterocycles. The summed E-state index contributed by atoms with van der Waals surface area (Å²) in [6.07, 6.45) is 3.21. The summed E-state index contributed by atoms with van der Waals surface area (Å²) in [4.78, 5) is 14.2. The summed E-state index contributed by atoms with van der Waals surface area (Å²) in [6.45, 7) is 8.89. The molecule has 16 heavy (non-hydrogen) atoms. The third kappa shape index (κ3) is 3.78. The molecule has 1 aliphatic rings. The number of hydrogen-bond acceptors (Lipinski definition) is 2. The summed E-state index contributed by atoms with van der Waals surface area (Å²) < 4.78 is 0. The molecule has 1 rings (SSSR count). The van der Waals surface area contributed by atoms with Gasteiger partial charge in [-0.2, -0.15) is 0 Å². The highest BCUT2D eigenvalue weighted by Crippen LogP contribution is 2.20. The molecule has 1 unspecified atom stereocenters. The first-order valence-corrected chi connectivity index (χ1v) is 6.53. The van der Waals surface area contributed by atoms with E-state index in [1.54, 1.807) is 0 Å². The second-order valence-corrected chi connectivity index (χ2v) is 5.57. The number of carbonyl (C=O) groups excluding carboxylic acids is 1. The zero-order chi connectivity index (χ0) is 12.1. The largest absolute Gasteiger partial charge is 0.342 e. The van der Waals surface area contributed by atoms with E-state index in [1.165, 1.54) is 0 Å². The fourth-order valence-corrected chi connectivity index (χ4v) is 2.35. The first-order chi connectivity index (χ1) is 7.54. The van der Waals surface area contributed by atoms with Crippen molar-refractivity contribution >= 4 is 5.91 Å². The monoisotopic (exact) mass is 226 g/mol. The van der Waals surface area contributed by atoms with Gasteiger partial charge in [0.05, 0.1) is 5.92 Å². The highest BCUT2D eigenvalue weighted by Gasteiger charge is 2.26. The van der Waals surface area contributed by atoms with Crippen LogP contribution in [0.15, 0.2) is 0 Å². The Hall–Kier alpha value is -0.570. The molecule has 0 aliphatic carbocycles. The lowest BCUT2D eigenvalue weighted by Crippen LogP contribution is -2.43. The minimum atomic E-state index is 0.0356. The van der Waals surface area contributed by atoms with Gasteiger partial charge in [-0.05, 0) is 31.1 Å². The summed E-state index contributed by atoms with van der Waals surface area (Å²) >= 11 is 0. The Bertz CT molecular complexity index is 220. The maximum absolute atomic E-state index is 12.2. The second kappa shape index (κ2) is 6.24. The molecule has 0 aromatic heterocycles. The van der Waals surface area contributed by atoms with Crippen LogP contribution in [0.25, 0.3) is 0 Å². The van der Waals surface area contributed by atoms with Gasteiger partial charge in [-0.3, -0.25) is 4.79 Å². The predicted molar refractivity (Wildman–Crippen MR) is 67.0 cm³/mol. The molecule has 94 valence electrons. The minimum Gasteiger partial charge on any atom is -0.342 e. The van der Waals surface area contributed by atoms with Gasteiger partial charge in [-0.1, -0.05) is 20.8 Å². The fraction of sp³-hybridized carbons (Fsp3) is 0.923. The van der Waals surface area contributed by atoms with E-state index < -0.39 is 0 Å². The van der Waals surface area contributed by atoms with Crippen LogP contribution in [-0.2, 0) is 4.79 Å². The molecule has 1 fully saturated rings. The van der Waals surface area contributed by atoms with Crippen molar-refractivity contribution in [1.82, 2.24) is 4.90 Å². The van der Waals surface area contributed by atoms with Gasteiger partial charge in [0, 0.05) is 19.6 Å². The zero-order valence-corrected chi connectivity index (χ0v) is 10.9. The van der Waals surface area contributed by atoms with Crippen LogP contribution in [0.2, 0.25) is 0 Å². The van der Waals surface area contributed by atoms with Crippen LogP contribution in [0.4, 0.5) is 0 Å². The third-order valence-electron chi connectivity index (χ3n) is 3.48. The number of nitrogens with two attached hydrogens (primary N) is 1. The highest BCUT2D eigenvalue weighted by atomic mass is 16.2. The number of carbonyl (C=O) groups is 1. The van der Waals surface area contributed by atoms with E-state index in [9.17, 15) is 4.79 Å². The van der Waals surface area contributed by atoms with Crippen molar-refractivity contribution in [2.75, 3.05) is 19.6 Å². The molecule has 0 radical (unpaired) electrons. The van der Waals surface area contributed by atoms with Gasteiger partial charge in [-0.15, -0.1) is 0 Å². The second-order valence-electron chi connectivity index (χ2n) is 5.57. The maximum Gasteiger partial charge on any atom is 0.226 e. The van der Waals surface area contributed by atoms with E-state index in [-0.39, 0.29) is 11.8 Å². The molecule has 3 heteroatoms. The molecule has 0 bridgehead atoms. The van der Waals surface area contributed by atoms with E-state index in [2.05, 4.69) is 20.8 Å². The quantitative estimate of drug-likeness (QED) is 0.795. The van der Waals surface area contributed by atoms with Gasteiger partial charge in [0.2, 0.25) is 5.91 Å². The third-order valence-corrected chi connectivity index (χ3v) is 3.48. The van der Waals surface area contributed by atoms with Crippen LogP contribution in [0.3, 0.4) is 0 Å². The van der Waals surface area contributed by atoms with Crippen molar-refractivity contribution in [2.24, 2.45) is 23.5 Å². The zero-order valence-electron chi connectivity index (χ0n) is 10.9. The molecule has 0 spiro atoms. The van der Waals surface area contributed by atoms with E-state index in [0.717, 1.165) is 38.3 Å². The van der Waals surface area contributed by atoms with Crippen LogP contribution in [0.1, 0.15) is 40.0 Å². The minimum absolute atomic E-state index is 0.0356. The van der Waals surface area contributed by atoms with Crippen LogP contribution < -0.4 is 5.73 Å². The molecule has 2 N–H and O–H groups in total. The topological polar surface area (TPSA) is 46.3 Å². The number of piperidine rings is 1. The Kier molecular flexibility index (Phi) is 5.26. The van der Waals surface area contributed by atoms with Gasteiger partial charge in [0.1, 0.15) is 0 Å². The van der Waals surface area contributed by atoms with Crippen molar-refractivity contribution < 1.29 is 4.79 Å². The van der Waals surface area contributed by atoms with Crippen LogP contribution >= 0.6 is 0 Å². The lowest BCUT2D eigenvalue weighted by Gasteiger charge is -2.33. The molecule has 0 aromatic carbocycles. The molecular weight excluding hydrogens is 200 g/mol. The molecule has 1 atom stereocenters. The fourth-order valence-electron chi connectivity index (χ4n) is 2.35. The average Bonchev–Trinajstić information content (AvgIpc) is 2.25. The number of rotatable bonds is 4. The van der Waals surface area contributed by atoms with Gasteiger partial charge in [-0.25, -0.2) is 0 Å². The van der Waals surface area contributed by atoms with Gasteiger partial charge < -0.3 is 10.6 Å². The standard InChI is InChI=1S/C13H26N2O/c1-10(2)8-12(9-14)13(16)15-6-4-11(3)5-7-15/h10-12H,4-9,14H2,1-3H3. The smallest absolute Gasteiger partial charge is 0.226 e. The molecule has 0 aromatic rings. The molecule has 3 nitrogen and oxygen atoms in total. The van der Waals surface area contributed by atoms with E-state index in [1.807, 2.05) is 4.90 Å². The van der Waals surface area contributed by atoms with Gasteiger partial charge in [0.25, 0.3) is 0 Å². The summed E-state index contributed by atoms with van der Waals surface area (Å²) in [6, 6.07) is 0. The van der Waals surface area contributed by atoms with Crippen LogP contribution in [-0.4, -0.2) is 30.4 Å². The lowest BCUT2D eigenvalue weighted by atomic mass is 9.93. The first-order valence-electron chi connectivity index (χ1n) is 6.53. The van der Waals surface area contributed by atoms with Crippen LogP contribution in [0.5, 0.6) is 0 Å². The van der Waals surface area contributed by atoms with Gasteiger partial charge in [0.15, 0.2) is 0 Å². The number of likely N-dealkylation sites (tertiary alicyclic amines) is 1. The number of hydrogen-bond donors (Lipinski definition) is 1.